The number of hydrogen-bond acceptors (Lipinski definition) is 3. The van der Waals surface area contributed by atoms with E-state index in [-0.39, 0.29) is 0 Å². The Hall–Kier alpha value is -2.26. The standard InChI is InChI=1S/C17H11F3N2S/c18-17(19,20)12-5-3-4-11(8-12)13(9-21)15-10-23-16-7-2-1-6-14(16)22-15/h1-8,13H,10H2. The Morgan fingerprint density at radius 1 is 1.13 bits per heavy atom. The summed E-state index contributed by atoms with van der Waals surface area (Å²) < 4.78 is 38.6. The average molecular weight is 332 g/mol. The molecule has 1 atom stereocenters. The Balaban J connectivity index is 1.99. The van der Waals surface area contributed by atoms with E-state index in [1.54, 1.807) is 11.8 Å². The molecule has 0 N–H and O–H groups in total. The van der Waals surface area contributed by atoms with Gasteiger partial charge in [-0.15, -0.1) is 11.8 Å². The highest BCUT2D eigenvalue weighted by Crippen LogP contribution is 2.37. The van der Waals surface area contributed by atoms with Gasteiger partial charge in [-0.2, -0.15) is 18.4 Å². The number of aliphatic imine (C=N–C) groups is 1. The second-order valence-corrected chi connectivity index (χ2v) is 6.06. The molecule has 2 aromatic rings. The molecule has 0 bridgehead atoms. The number of nitrogens with zero attached hydrogens (tertiary/aromatic N) is 2. The molecule has 0 radical (unpaired) electrons. The van der Waals surface area contributed by atoms with Crippen molar-refractivity contribution in [2.75, 3.05) is 5.75 Å². The van der Waals surface area contributed by atoms with Crippen LogP contribution in [-0.4, -0.2) is 11.5 Å². The first-order valence-corrected chi connectivity index (χ1v) is 7.83. The molecule has 0 fully saturated rings. The van der Waals surface area contributed by atoms with Gasteiger partial charge in [0.15, 0.2) is 0 Å². The maximum absolute atomic E-state index is 12.9. The summed E-state index contributed by atoms with van der Waals surface area (Å²) in [5, 5.41) is 9.45. The van der Waals surface area contributed by atoms with Crippen LogP contribution >= 0.6 is 11.8 Å². The molecular weight excluding hydrogens is 321 g/mol. The van der Waals surface area contributed by atoms with Crippen LogP contribution in [0.1, 0.15) is 17.0 Å². The quantitative estimate of drug-likeness (QED) is 0.758. The molecule has 6 heteroatoms. The largest absolute Gasteiger partial charge is 0.416 e. The van der Waals surface area contributed by atoms with Gasteiger partial charge in [0.25, 0.3) is 0 Å². The van der Waals surface area contributed by atoms with Gasteiger partial charge in [-0.3, -0.25) is 4.99 Å². The minimum Gasteiger partial charge on any atom is -0.254 e. The summed E-state index contributed by atoms with van der Waals surface area (Å²) in [4.78, 5) is 5.49. The van der Waals surface area contributed by atoms with Crippen molar-refractivity contribution in [2.24, 2.45) is 4.99 Å². The van der Waals surface area contributed by atoms with Crippen molar-refractivity contribution >= 4 is 23.2 Å². The highest BCUT2D eigenvalue weighted by Gasteiger charge is 2.31. The van der Waals surface area contributed by atoms with Crippen molar-refractivity contribution in [3.8, 4) is 6.07 Å². The van der Waals surface area contributed by atoms with Gasteiger partial charge in [0.05, 0.1) is 23.0 Å². The van der Waals surface area contributed by atoms with Gasteiger partial charge in [0, 0.05) is 10.6 Å². The lowest BCUT2D eigenvalue weighted by atomic mass is 9.94. The molecule has 116 valence electrons. The number of thioether (sulfide) groups is 1. The summed E-state index contributed by atoms with van der Waals surface area (Å²) in [5.74, 6) is -0.288. The average Bonchev–Trinajstić information content (AvgIpc) is 2.55. The van der Waals surface area contributed by atoms with Crippen molar-refractivity contribution in [3.63, 3.8) is 0 Å². The van der Waals surface area contributed by atoms with Crippen LogP contribution in [0.15, 0.2) is 58.4 Å². The summed E-state index contributed by atoms with van der Waals surface area (Å²) in [7, 11) is 0. The summed E-state index contributed by atoms with van der Waals surface area (Å²) in [6.45, 7) is 0. The number of fused-ring (bicyclic) bond motifs is 1. The Labute approximate surface area is 135 Å². The van der Waals surface area contributed by atoms with E-state index in [4.69, 9.17) is 0 Å². The molecule has 2 aromatic carbocycles. The number of rotatable bonds is 2. The Kier molecular flexibility index (Phi) is 4.14. The number of para-hydroxylation sites is 1. The first-order valence-electron chi connectivity index (χ1n) is 6.85. The minimum absolute atomic E-state index is 0.320. The molecule has 0 aliphatic carbocycles. The van der Waals surface area contributed by atoms with E-state index in [9.17, 15) is 18.4 Å². The normalized spacial score (nSPS) is 15.3. The molecule has 1 aliphatic heterocycles. The molecule has 23 heavy (non-hydrogen) atoms. The maximum atomic E-state index is 12.9. The molecular formula is C17H11F3N2S. The second kappa shape index (κ2) is 6.09. The number of alkyl halides is 3. The molecule has 1 heterocycles. The minimum atomic E-state index is -4.42. The van der Waals surface area contributed by atoms with Crippen LogP contribution in [0.25, 0.3) is 0 Å². The Morgan fingerprint density at radius 3 is 2.65 bits per heavy atom. The predicted molar refractivity (Wildman–Crippen MR) is 84.1 cm³/mol. The van der Waals surface area contributed by atoms with Crippen LogP contribution in [-0.2, 0) is 6.18 Å². The predicted octanol–water partition coefficient (Wildman–Crippen LogP) is 5.19. The molecule has 0 saturated heterocycles. The fourth-order valence-electron chi connectivity index (χ4n) is 2.39. The first kappa shape index (κ1) is 15.6. The van der Waals surface area contributed by atoms with Gasteiger partial charge >= 0.3 is 6.18 Å². The van der Waals surface area contributed by atoms with Gasteiger partial charge < -0.3 is 0 Å². The van der Waals surface area contributed by atoms with Crippen molar-refractivity contribution in [3.05, 3.63) is 59.7 Å². The first-order chi connectivity index (χ1) is 11.0. The molecule has 1 unspecified atom stereocenters. The van der Waals surface area contributed by atoms with E-state index in [1.807, 2.05) is 24.3 Å². The smallest absolute Gasteiger partial charge is 0.254 e. The fraction of sp³-hybridized carbons (Fsp3) is 0.176. The van der Waals surface area contributed by atoms with Gasteiger partial charge in [-0.25, -0.2) is 0 Å². The highest BCUT2D eigenvalue weighted by atomic mass is 32.2. The summed E-state index contributed by atoms with van der Waals surface area (Å²) in [6, 6.07) is 14.5. The van der Waals surface area contributed by atoms with Crippen LogP contribution in [0.4, 0.5) is 18.9 Å². The molecule has 1 aliphatic rings. The Morgan fingerprint density at radius 2 is 1.91 bits per heavy atom. The highest BCUT2D eigenvalue weighted by molar-refractivity contribution is 8.00. The van der Waals surface area contributed by atoms with Crippen LogP contribution in [0, 0.1) is 11.3 Å². The number of benzene rings is 2. The van der Waals surface area contributed by atoms with E-state index in [2.05, 4.69) is 11.1 Å². The van der Waals surface area contributed by atoms with Gasteiger partial charge in [-0.05, 0) is 23.8 Å². The maximum Gasteiger partial charge on any atom is 0.416 e. The van der Waals surface area contributed by atoms with E-state index in [0.29, 0.717) is 17.0 Å². The van der Waals surface area contributed by atoms with E-state index in [0.717, 1.165) is 22.7 Å². The van der Waals surface area contributed by atoms with Crippen molar-refractivity contribution < 1.29 is 13.2 Å². The van der Waals surface area contributed by atoms with E-state index < -0.39 is 17.7 Å². The summed E-state index contributed by atoms with van der Waals surface area (Å²) >= 11 is 1.54. The fourth-order valence-corrected chi connectivity index (χ4v) is 3.37. The molecule has 0 amide bonds. The zero-order valence-corrected chi connectivity index (χ0v) is 12.7. The van der Waals surface area contributed by atoms with Crippen molar-refractivity contribution in [1.82, 2.24) is 0 Å². The molecule has 3 rings (SSSR count). The lowest BCUT2D eigenvalue weighted by Gasteiger charge is -2.19. The lowest BCUT2D eigenvalue weighted by Crippen LogP contribution is -2.16. The third kappa shape index (κ3) is 3.25. The van der Waals surface area contributed by atoms with Gasteiger partial charge in [0.1, 0.15) is 5.92 Å². The van der Waals surface area contributed by atoms with Gasteiger partial charge in [0.2, 0.25) is 0 Å². The number of nitriles is 1. The third-order valence-corrected chi connectivity index (χ3v) is 4.61. The lowest BCUT2D eigenvalue weighted by molar-refractivity contribution is -0.137. The topological polar surface area (TPSA) is 36.1 Å². The van der Waals surface area contributed by atoms with E-state index in [1.165, 1.54) is 12.1 Å². The molecule has 0 aromatic heterocycles. The molecule has 0 saturated carbocycles. The van der Waals surface area contributed by atoms with E-state index >= 15 is 0 Å². The molecule has 0 spiro atoms. The Bertz CT molecular complexity index is 806. The van der Waals surface area contributed by atoms with Crippen molar-refractivity contribution in [1.29, 1.82) is 5.26 Å². The summed E-state index contributed by atoms with van der Waals surface area (Å²) in [5.41, 5.74) is 0.905. The van der Waals surface area contributed by atoms with Crippen molar-refractivity contribution in [2.45, 2.75) is 17.0 Å². The van der Waals surface area contributed by atoms with Crippen LogP contribution < -0.4 is 0 Å². The van der Waals surface area contributed by atoms with Crippen LogP contribution in [0.2, 0.25) is 0 Å². The SMILES string of the molecule is N#CC(C1=Nc2ccccc2SC1)c1cccc(C(F)(F)F)c1. The molecule has 2 nitrogen and oxygen atoms in total. The zero-order valence-electron chi connectivity index (χ0n) is 11.8. The number of halogens is 3. The second-order valence-electron chi connectivity index (χ2n) is 5.04. The van der Waals surface area contributed by atoms with Crippen LogP contribution in [0.5, 0.6) is 0 Å². The monoisotopic (exact) mass is 332 g/mol. The third-order valence-electron chi connectivity index (χ3n) is 3.51. The van der Waals surface area contributed by atoms with Gasteiger partial charge in [-0.1, -0.05) is 30.3 Å². The number of hydrogen-bond donors (Lipinski definition) is 0. The summed E-state index contributed by atoms with van der Waals surface area (Å²) in [6.07, 6.45) is -4.42. The van der Waals surface area contributed by atoms with Crippen LogP contribution in [0.3, 0.4) is 0 Å². The zero-order chi connectivity index (χ0) is 16.4.